The average Bonchev–Trinajstić information content (AvgIpc) is 3.20. The van der Waals surface area contributed by atoms with E-state index in [2.05, 4.69) is 14.3 Å². The quantitative estimate of drug-likeness (QED) is 0.515. The number of nitrogens with zero attached hydrogens (tertiary/aromatic N) is 4. The second kappa shape index (κ2) is 6.06. The third-order valence-corrected chi connectivity index (χ3v) is 5.02. The van der Waals surface area contributed by atoms with Crippen molar-refractivity contribution in [3.63, 3.8) is 0 Å². The number of carbonyl (C=O) groups excluding carboxylic acids is 1. The zero-order valence-corrected chi connectivity index (χ0v) is 15.5. The Labute approximate surface area is 153 Å². The lowest BCUT2D eigenvalue weighted by atomic mass is 10.1. The minimum Gasteiger partial charge on any atom is -0.497 e. The van der Waals surface area contributed by atoms with Gasteiger partial charge in [0.15, 0.2) is 0 Å². The molecule has 0 unspecified atom stereocenters. The number of aryl methyl sites for hydroxylation is 1. The number of rotatable bonds is 4. The number of ether oxygens (including phenoxy) is 2. The summed E-state index contributed by atoms with van der Waals surface area (Å²) in [5, 5.41) is 0. The Morgan fingerprint density at radius 2 is 2.00 bits per heavy atom. The van der Waals surface area contributed by atoms with Gasteiger partial charge in [-0.2, -0.15) is 4.37 Å². The Kier molecular flexibility index (Phi) is 3.84. The second-order valence-electron chi connectivity index (χ2n) is 5.87. The van der Waals surface area contributed by atoms with Crippen LogP contribution >= 0.6 is 11.5 Å². The summed E-state index contributed by atoms with van der Waals surface area (Å²) < 4.78 is 16.8. The lowest BCUT2D eigenvalue weighted by Crippen LogP contribution is -2.12. The molecule has 3 aromatic heterocycles. The van der Waals surface area contributed by atoms with Crippen molar-refractivity contribution in [2.45, 2.75) is 13.8 Å². The molecule has 0 aliphatic rings. The minimum atomic E-state index is -0.269. The van der Waals surface area contributed by atoms with Crippen LogP contribution in [-0.2, 0) is 0 Å². The molecular formula is C18H16N4O3S. The van der Waals surface area contributed by atoms with E-state index in [1.165, 1.54) is 11.5 Å². The van der Waals surface area contributed by atoms with Gasteiger partial charge in [0, 0.05) is 34.9 Å². The highest BCUT2D eigenvalue weighted by Gasteiger charge is 2.24. The van der Waals surface area contributed by atoms with Gasteiger partial charge >= 0.3 is 0 Å². The molecule has 3 heterocycles. The first-order chi connectivity index (χ1) is 12.5. The van der Waals surface area contributed by atoms with Crippen LogP contribution < -0.4 is 9.47 Å². The summed E-state index contributed by atoms with van der Waals surface area (Å²) >= 11 is 1.18. The van der Waals surface area contributed by atoms with Gasteiger partial charge < -0.3 is 9.47 Å². The Bertz CT molecular complexity index is 1160. The molecule has 0 saturated heterocycles. The molecule has 132 valence electrons. The molecule has 4 aromatic rings. The monoisotopic (exact) mass is 368 g/mol. The lowest BCUT2D eigenvalue weighted by molar-refractivity contribution is 0.102. The maximum Gasteiger partial charge on any atom is 0.248 e. The Balaban J connectivity index is 1.93. The maximum atomic E-state index is 13.2. The van der Waals surface area contributed by atoms with Crippen LogP contribution in [0, 0.1) is 13.8 Å². The van der Waals surface area contributed by atoms with Crippen molar-refractivity contribution in [3.05, 3.63) is 47.0 Å². The zero-order chi connectivity index (χ0) is 18.4. The molecule has 0 radical (unpaired) electrons. The van der Waals surface area contributed by atoms with E-state index < -0.39 is 0 Å². The molecule has 1 aromatic carbocycles. The number of aromatic nitrogens is 4. The van der Waals surface area contributed by atoms with Crippen LogP contribution in [0.15, 0.2) is 24.4 Å². The van der Waals surface area contributed by atoms with Gasteiger partial charge in [-0.05, 0) is 26.0 Å². The number of hydrogen-bond donors (Lipinski definition) is 0. The molecule has 0 fully saturated rings. The zero-order valence-electron chi connectivity index (χ0n) is 14.7. The Morgan fingerprint density at radius 3 is 2.73 bits per heavy atom. The number of benzene rings is 1. The highest BCUT2D eigenvalue weighted by molar-refractivity contribution is 7.11. The fraction of sp³-hybridized carbons (Fsp3) is 0.222. The number of imidazole rings is 1. The van der Waals surface area contributed by atoms with Crippen LogP contribution in [0.3, 0.4) is 0 Å². The van der Waals surface area contributed by atoms with Crippen LogP contribution in [0.4, 0.5) is 0 Å². The number of methoxy groups -OCH3 is 2. The topological polar surface area (TPSA) is 78.6 Å². The summed E-state index contributed by atoms with van der Waals surface area (Å²) in [7, 11) is 3.18. The first-order valence-electron chi connectivity index (χ1n) is 7.92. The van der Waals surface area contributed by atoms with Gasteiger partial charge in [0.1, 0.15) is 17.2 Å². The van der Waals surface area contributed by atoms with E-state index in [0.717, 1.165) is 16.6 Å². The van der Waals surface area contributed by atoms with Crippen molar-refractivity contribution in [1.82, 2.24) is 18.7 Å². The summed E-state index contributed by atoms with van der Waals surface area (Å²) in [5.41, 5.74) is 3.45. The van der Waals surface area contributed by atoms with Crippen LogP contribution in [0.5, 0.6) is 11.5 Å². The van der Waals surface area contributed by atoms with Crippen molar-refractivity contribution >= 4 is 33.3 Å². The SMILES string of the molecule is COc1ccc2nc3snc(C(=O)c4ncc(C)c(OC)c4C)n3c2c1. The van der Waals surface area contributed by atoms with Crippen LogP contribution in [0.25, 0.3) is 16.0 Å². The molecule has 0 amide bonds. The third-order valence-electron chi connectivity index (χ3n) is 4.32. The van der Waals surface area contributed by atoms with Gasteiger partial charge in [0.05, 0.1) is 25.3 Å². The van der Waals surface area contributed by atoms with E-state index >= 15 is 0 Å². The summed E-state index contributed by atoms with van der Waals surface area (Å²) in [6, 6.07) is 5.54. The fourth-order valence-electron chi connectivity index (χ4n) is 3.06. The molecule has 0 aliphatic carbocycles. The molecule has 0 bridgehead atoms. The lowest BCUT2D eigenvalue weighted by Gasteiger charge is -2.10. The van der Waals surface area contributed by atoms with Gasteiger partial charge in [0.25, 0.3) is 0 Å². The van der Waals surface area contributed by atoms with E-state index in [0.29, 0.717) is 27.7 Å². The van der Waals surface area contributed by atoms with Gasteiger partial charge in [-0.1, -0.05) is 0 Å². The first kappa shape index (κ1) is 16.5. The Hall–Kier alpha value is -3.00. The van der Waals surface area contributed by atoms with E-state index in [4.69, 9.17) is 9.47 Å². The highest BCUT2D eigenvalue weighted by Crippen LogP contribution is 2.28. The van der Waals surface area contributed by atoms with Crippen LogP contribution in [0.2, 0.25) is 0 Å². The summed E-state index contributed by atoms with van der Waals surface area (Å²) in [6.45, 7) is 3.72. The number of carbonyl (C=O) groups is 1. The number of fused-ring (bicyclic) bond motifs is 3. The van der Waals surface area contributed by atoms with Crippen molar-refractivity contribution in [1.29, 1.82) is 0 Å². The molecule has 26 heavy (non-hydrogen) atoms. The number of ketones is 1. The van der Waals surface area contributed by atoms with Gasteiger partial charge in [0.2, 0.25) is 16.6 Å². The van der Waals surface area contributed by atoms with Gasteiger partial charge in [-0.15, -0.1) is 0 Å². The number of pyridine rings is 1. The standard InChI is InChI=1S/C18H16N4O3S/c1-9-8-19-14(10(2)16(9)25-4)15(23)17-21-26-18-20-12-6-5-11(24-3)7-13(12)22(17)18/h5-8H,1-4H3. The van der Waals surface area contributed by atoms with Crippen molar-refractivity contribution < 1.29 is 14.3 Å². The minimum absolute atomic E-state index is 0.269. The van der Waals surface area contributed by atoms with Crippen LogP contribution in [0.1, 0.15) is 27.4 Å². The molecule has 0 aliphatic heterocycles. The third kappa shape index (κ3) is 2.33. The highest BCUT2D eigenvalue weighted by atomic mass is 32.1. The average molecular weight is 368 g/mol. The molecule has 8 heteroatoms. The van der Waals surface area contributed by atoms with Crippen molar-refractivity contribution in [2.75, 3.05) is 14.2 Å². The summed E-state index contributed by atoms with van der Waals surface area (Å²) in [6.07, 6.45) is 1.64. The summed E-state index contributed by atoms with van der Waals surface area (Å²) in [5.74, 6) is 1.36. The summed E-state index contributed by atoms with van der Waals surface area (Å²) in [4.78, 5) is 22.7. The predicted octanol–water partition coefficient (Wildman–Crippen LogP) is 3.20. The van der Waals surface area contributed by atoms with Gasteiger partial charge in [-0.3, -0.25) is 14.2 Å². The number of hydrogen-bond acceptors (Lipinski definition) is 7. The van der Waals surface area contributed by atoms with Crippen molar-refractivity contribution in [2.24, 2.45) is 0 Å². The molecule has 0 saturated carbocycles. The maximum absolute atomic E-state index is 13.2. The first-order valence-corrected chi connectivity index (χ1v) is 8.69. The van der Waals surface area contributed by atoms with E-state index in [9.17, 15) is 4.79 Å². The second-order valence-corrected chi connectivity index (χ2v) is 6.60. The largest absolute Gasteiger partial charge is 0.497 e. The van der Waals surface area contributed by atoms with E-state index in [1.54, 1.807) is 24.8 Å². The molecular weight excluding hydrogens is 352 g/mol. The van der Waals surface area contributed by atoms with Gasteiger partial charge in [-0.25, -0.2) is 4.98 Å². The molecule has 7 nitrogen and oxygen atoms in total. The Morgan fingerprint density at radius 1 is 1.19 bits per heavy atom. The molecule has 4 rings (SSSR count). The fourth-order valence-corrected chi connectivity index (χ4v) is 3.80. The van der Waals surface area contributed by atoms with Crippen LogP contribution in [-0.4, -0.2) is 38.7 Å². The van der Waals surface area contributed by atoms with E-state index in [1.807, 2.05) is 32.0 Å². The normalized spacial score (nSPS) is 11.2. The van der Waals surface area contributed by atoms with E-state index in [-0.39, 0.29) is 11.6 Å². The predicted molar refractivity (Wildman–Crippen MR) is 98.6 cm³/mol. The van der Waals surface area contributed by atoms with Crippen molar-refractivity contribution in [3.8, 4) is 11.5 Å². The smallest absolute Gasteiger partial charge is 0.248 e. The molecule has 0 atom stereocenters. The molecule has 0 spiro atoms. The molecule has 0 N–H and O–H groups in total.